The van der Waals surface area contributed by atoms with Gasteiger partial charge in [-0.3, -0.25) is 4.72 Å². The Balaban J connectivity index is 1.71. The first-order valence-corrected chi connectivity index (χ1v) is 10.8. The van der Waals surface area contributed by atoms with Crippen LogP contribution in [0, 0.1) is 0 Å². The third-order valence-corrected chi connectivity index (χ3v) is 6.08. The number of ether oxygens (including phenoxy) is 1. The minimum absolute atomic E-state index is 0.0606. The molecule has 9 heteroatoms. The first-order chi connectivity index (χ1) is 13.4. The summed E-state index contributed by atoms with van der Waals surface area (Å²) in [5.41, 5.74) is 0.785. The van der Waals surface area contributed by atoms with Gasteiger partial charge in [-0.05, 0) is 61.7 Å². The van der Waals surface area contributed by atoms with Crippen molar-refractivity contribution in [1.82, 2.24) is 4.90 Å². The van der Waals surface area contributed by atoms with E-state index in [1.165, 1.54) is 25.3 Å². The van der Waals surface area contributed by atoms with E-state index < -0.39 is 10.0 Å². The van der Waals surface area contributed by atoms with E-state index in [-0.39, 0.29) is 16.6 Å². The van der Waals surface area contributed by atoms with Crippen molar-refractivity contribution in [3.63, 3.8) is 0 Å². The lowest BCUT2D eigenvalue weighted by Gasteiger charge is -2.26. The highest BCUT2D eigenvalue weighted by Gasteiger charge is 2.19. The quantitative estimate of drug-likeness (QED) is 0.755. The van der Waals surface area contributed by atoms with Crippen LogP contribution < -0.4 is 14.8 Å². The smallest absolute Gasteiger partial charge is 0.321 e. The predicted molar refractivity (Wildman–Crippen MR) is 110 cm³/mol. The molecule has 0 atom stereocenters. The topological polar surface area (TPSA) is 87.7 Å². The van der Waals surface area contributed by atoms with Crippen LogP contribution in [0.1, 0.15) is 19.3 Å². The molecule has 0 saturated carbocycles. The molecule has 2 N–H and O–H groups in total. The highest BCUT2D eigenvalue weighted by Crippen LogP contribution is 2.30. The minimum atomic E-state index is -3.84. The number of nitrogens with zero attached hydrogens (tertiary/aromatic N) is 1. The lowest BCUT2D eigenvalue weighted by Crippen LogP contribution is -2.38. The molecule has 28 heavy (non-hydrogen) atoms. The van der Waals surface area contributed by atoms with E-state index in [1.54, 1.807) is 29.2 Å². The van der Waals surface area contributed by atoms with E-state index in [0.717, 1.165) is 32.4 Å². The summed E-state index contributed by atoms with van der Waals surface area (Å²) < 4.78 is 33.0. The summed E-state index contributed by atoms with van der Waals surface area (Å²) in [6, 6.07) is 10.5. The largest absolute Gasteiger partial charge is 0.495 e. The number of benzene rings is 2. The summed E-state index contributed by atoms with van der Waals surface area (Å²) in [5.74, 6) is 0.360. The average molecular weight is 424 g/mol. The zero-order valence-electron chi connectivity index (χ0n) is 15.4. The zero-order chi connectivity index (χ0) is 20.1. The Hall–Kier alpha value is -2.45. The van der Waals surface area contributed by atoms with Crippen LogP contribution >= 0.6 is 11.6 Å². The van der Waals surface area contributed by atoms with Gasteiger partial charge in [0, 0.05) is 23.8 Å². The molecule has 150 valence electrons. The number of sulfonamides is 1. The number of amides is 2. The van der Waals surface area contributed by atoms with E-state index in [1.807, 2.05) is 0 Å². The van der Waals surface area contributed by atoms with Gasteiger partial charge in [0.25, 0.3) is 10.0 Å². The van der Waals surface area contributed by atoms with Crippen molar-refractivity contribution in [3.05, 3.63) is 47.5 Å². The number of nitrogens with one attached hydrogen (secondary N) is 2. The maximum atomic E-state index is 12.7. The van der Waals surface area contributed by atoms with Crippen LogP contribution in [0.4, 0.5) is 16.2 Å². The fourth-order valence-corrected chi connectivity index (χ4v) is 4.21. The van der Waals surface area contributed by atoms with Gasteiger partial charge in [-0.15, -0.1) is 0 Å². The molecule has 0 unspecified atom stereocenters. The molecule has 1 saturated heterocycles. The molecule has 2 aromatic rings. The Morgan fingerprint density at radius 2 is 1.75 bits per heavy atom. The lowest BCUT2D eigenvalue weighted by molar-refractivity contribution is 0.200. The average Bonchev–Trinajstić information content (AvgIpc) is 2.69. The normalized spacial score (nSPS) is 14.4. The van der Waals surface area contributed by atoms with E-state index in [0.29, 0.717) is 16.5 Å². The summed E-state index contributed by atoms with van der Waals surface area (Å²) in [7, 11) is -2.39. The van der Waals surface area contributed by atoms with Crippen molar-refractivity contribution in [2.75, 3.05) is 30.2 Å². The summed E-state index contributed by atoms with van der Waals surface area (Å²) >= 11 is 5.95. The maximum absolute atomic E-state index is 12.7. The molecule has 2 amide bonds. The maximum Gasteiger partial charge on any atom is 0.321 e. The molecule has 0 bridgehead atoms. The molecule has 0 aliphatic carbocycles. The highest BCUT2D eigenvalue weighted by atomic mass is 35.5. The summed E-state index contributed by atoms with van der Waals surface area (Å²) in [4.78, 5) is 14.1. The molecule has 3 rings (SSSR count). The Labute approximate surface area is 169 Å². The molecule has 1 aliphatic heterocycles. The van der Waals surface area contributed by atoms with E-state index in [4.69, 9.17) is 16.3 Å². The standard InChI is InChI=1S/C19H22ClN3O4S/c1-27-18-10-5-14(20)13-17(18)22-28(25,26)16-8-6-15(7-9-16)21-19(24)23-11-3-2-4-12-23/h5-10,13,22H,2-4,11-12H2,1H3,(H,21,24). The van der Waals surface area contributed by atoms with E-state index in [2.05, 4.69) is 10.0 Å². The third kappa shape index (κ3) is 4.88. The molecule has 1 fully saturated rings. The third-order valence-electron chi connectivity index (χ3n) is 4.47. The number of hydrogen-bond donors (Lipinski definition) is 2. The van der Waals surface area contributed by atoms with E-state index in [9.17, 15) is 13.2 Å². The Morgan fingerprint density at radius 1 is 1.07 bits per heavy atom. The van der Waals surface area contributed by atoms with Crippen molar-refractivity contribution >= 4 is 39.0 Å². The molecule has 1 heterocycles. The first-order valence-electron chi connectivity index (χ1n) is 8.91. The van der Waals surface area contributed by atoms with Gasteiger partial charge in [-0.1, -0.05) is 11.6 Å². The molecule has 0 radical (unpaired) electrons. The van der Waals surface area contributed by atoms with Crippen LogP contribution in [0.15, 0.2) is 47.4 Å². The zero-order valence-corrected chi connectivity index (χ0v) is 17.0. The summed E-state index contributed by atoms with van der Waals surface area (Å²) in [6.07, 6.45) is 3.15. The van der Waals surface area contributed by atoms with Crippen molar-refractivity contribution in [3.8, 4) is 5.75 Å². The van der Waals surface area contributed by atoms with Crippen LogP contribution in [-0.4, -0.2) is 39.5 Å². The van der Waals surface area contributed by atoms with Crippen LogP contribution in [0.5, 0.6) is 5.75 Å². The number of piperidine rings is 1. The van der Waals surface area contributed by atoms with Crippen LogP contribution in [0.25, 0.3) is 0 Å². The van der Waals surface area contributed by atoms with Gasteiger partial charge in [0.1, 0.15) is 5.75 Å². The first kappa shape index (κ1) is 20.3. The fourth-order valence-electron chi connectivity index (χ4n) is 2.98. The molecule has 2 aromatic carbocycles. The van der Waals surface area contributed by atoms with Crippen LogP contribution in [-0.2, 0) is 10.0 Å². The number of urea groups is 1. The van der Waals surface area contributed by atoms with Gasteiger partial charge in [0.2, 0.25) is 0 Å². The number of methoxy groups -OCH3 is 1. The monoisotopic (exact) mass is 423 g/mol. The van der Waals surface area contributed by atoms with Crippen molar-refractivity contribution in [1.29, 1.82) is 0 Å². The van der Waals surface area contributed by atoms with Crippen molar-refractivity contribution in [2.45, 2.75) is 24.2 Å². The molecular weight excluding hydrogens is 402 g/mol. The predicted octanol–water partition coefficient (Wildman–Crippen LogP) is 4.17. The Kier molecular flexibility index (Phi) is 6.31. The fraction of sp³-hybridized carbons (Fsp3) is 0.316. The minimum Gasteiger partial charge on any atom is -0.495 e. The molecule has 1 aliphatic rings. The van der Waals surface area contributed by atoms with Gasteiger partial charge >= 0.3 is 6.03 Å². The molecule has 0 spiro atoms. The van der Waals surface area contributed by atoms with Crippen molar-refractivity contribution in [2.24, 2.45) is 0 Å². The second-order valence-electron chi connectivity index (χ2n) is 6.45. The SMILES string of the molecule is COc1ccc(Cl)cc1NS(=O)(=O)c1ccc(NC(=O)N2CCCCC2)cc1. The highest BCUT2D eigenvalue weighted by molar-refractivity contribution is 7.92. The van der Waals surface area contributed by atoms with Crippen LogP contribution in [0.3, 0.4) is 0 Å². The van der Waals surface area contributed by atoms with Gasteiger partial charge in [-0.2, -0.15) is 0 Å². The van der Waals surface area contributed by atoms with Gasteiger partial charge < -0.3 is 15.0 Å². The number of carbonyl (C=O) groups is 1. The summed E-state index contributed by atoms with van der Waals surface area (Å²) in [6.45, 7) is 1.48. The number of carbonyl (C=O) groups excluding carboxylic acids is 1. The summed E-state index contributed by atoms with van der Waals surface area (Å²) in [5, 5.41) is 3.18. The second-order valence-corrected chi connectivity index (χ2v) is 8.57. The van der Waals surface area contributed by atoms with Crippen LogP contribution in [0.2, 0.25) is 5.02 Å². The lowest BCUT2D eigenvalue weighted by atomic mass is 10.1. The number of hydrogen-bond acceptors (Lipinski definition) is 4. The molecular formula is C19H22ClN3O4S. The van der Waals surface area contributed by atoms with Crippen molar-refractivity contribution < 1.29 is 17.9 Å². The van der Waals surface area contributed by atoms with Gasteiger partial charge in [0.05, 0.1) is 17.7 Å². The number of halogens is 1. The Morgan fingerprint density at radius 3 is 2.39 bits per heavy atom. The Bertz CT molecular complexity index is 942. The van der Waals surface area contributed by atoms with E-state index >= 15 is 0 Å². The van der Waals surface area contributed by atoms with Gasteiger partial charge in [0.15, 0.2) is 0 Å². The number of anilines is 2. The van der Waals surface area contributed by atoms with Gasteiger partial charge in [-0.25, -0.2) is 13.2 Å². The molecule has 7 nitrogen and oxygen atoms in total. The number of likely N-dealkylation sites (tertiary alicyclic amines) is 1. The second kappa shape index (κ2) is 8.70. The molecule has 0 aromatic heterocycles. The number of rotatable bonds is 5.